The molecular formula is C9H14N2O6S. The summed E-state index contributed by atoms with van der Waals surface area (Å²) in [6.07, 6.45) is -4.52. The maximum absolute atomic E-state index is 11.6. The van der Waals surface area contributed by atoms with E-state index in [0.717, 1.165) is 15.5 Å². The Morgan fingerprint density at radius 3 is 2.78 bits per heavy atom. The molecule has 1 aromatic heterocycles. The van der Waals surface area contributed by atoms with Gasteiger partial charge < -0.3 is 24.8 Å². The number of aliphatic hydroxyl groups excluding tert-OH is 3. The first kappa shape index (κ1) is 13.4. The van der Waals surface area contributed by atoms with E-state index in [-0.39, 0.29) is 5.19 Å². The third kappa shape index (κ3) is 2.27. The number of hydrogen-bond donors (Lipinski definition) is 3. The number of aliphatic hydroxyl groups is 3. The molecule has 1 saturated heterocycles. The van der Waals surface area contributed by atoms with Gasteiger partial charge in [0.15, 0.2) is 6.23 Å². The lowest BCUT2D eigenvalue weighted by Gasteiger charge is -2.13. The van der Waals surface area contributed by atoms with Gasteiger partial charge in [-0.3, -0.25) is 0 Å². The number of ether oxygens (including phenoxy) is 2. The molecule has 0 aliphatic carbocycles. The van der Waals surface area contributed by atoms with E-state index in [0.29, 0.717) is 6.61 Å². The van der Waals surface area contributed by atoms with E-state index in [1.807, 2.05) is 0 Å². The van der Waals surface area contributed by atoms with Gasteiger partial charge in [0.2, 0.25) is 0 Å². The first-order valence-electron chi connectivity index (χ1n) is 5.43. The highest BCUT2D eigenvalue weighted by Gasteiger charge is 2.44. The van der Waals surface area contributed by atoms with E-state index < -0.39 is 36.8 Å². The van der Waals surface area contributed by atoms with Crippen molar-refractivity contribution in [1.82, 2.24) is 8.94 Å². The van der Waals surface area contributed by atoms with Crippen molar-refractivity contribution in [3.8, 4) is 5.19 Å². The summed E-state index contributed by atoms with van der Waals surface area (Å²) >= 11 is 0.893. The molecule has 9 heteroatoms. The minimum Gasteiger partial charge on any atom is -0.469 e. The van der Waals surface area contributed by atoms with Crippen LogP contribution in [-0.4, -0.2) is 55.8 Å². The molecule has 1 fully saturated rings. The summed E-state index contributed by atoms with van der Waals surface area (Å²) in [5, 5.41) is 28.5. The zero-order valence-electron chi connectivity index (χ0n) is 9.59. The fourth-order valence-electron chi connectivity index (χ4n) is 1.69. The lowest BCUT2D eigenvalue weighted by atomic mass is 10.1. The molecule has 8 nitrogen and oxygen atoms in total. The summed E-state index contributed by atoms with van der Waals surface area (Å²) in [7, 11) is 0. The fraction of sp³-hybridized carbons (Fsp3) is 0.778. The molecule has 4 atom stereocenters. The smallest absolute Gasteiger partial charge is 0.363 e. The number of nitrogens with zero attached hydrogens (tertiary/aromatic N) is 2. The molecule has 18 heavy (non-hydrogen) atoms. The van der Waals surface area contributed by atoms with Crippen LogP contribution >= 0.6 is 11.5 Å². The van der Waals surface area contributed by atoms with Crippen LogP contribution in [0.3, 0.4) is 0 Å². The Kier molecular flexibility index (Phi) is 3.97. The number of rotatable bonds is 4. The Bertz CT molecular complexity index is 460. The van der Waals surface area contributed by atoms with Crippen molar-refractivity contribution in [2.24, 2.45) is 0 Å². The summed E-state index contributed by atoms with van der Waals surface area (Å²) in [4.78, 5) is 15.2. The Hall–Kier alpha value is -1.00. The first-order valence-corrected chi connectivity index (χ1v) is 6.21. The molecule has 0 amide bonds. The third-order valence-electron chi connectivity index (χ3n) is 2.57. The standard InChI is InChI=1S/C9H14N2O6S/c1-2-16-9-10-8(15)11(18-9)7-6(14)5(13)4(3-12)17-7/h4-7,12-14H,2-3H2,1H3/t4-,5+,6-,7-/m0/s1. The molecule has 102 valence electrons. The van der Waals surface area contributed by atoms with Crippen molar-refractivity contribution >= 4 is 11.5 Å². The normalized spacial score (nSPS) is 31.8. The summed E-state index contributed by atoms with van der Waals surface area (Å²) in [6.45, 7) is 1.67. The van der Waals surface area contributed by atoms with Gasteiger partial charge in [0.1, 0.15) is 18.3 Å². The Labute approximate surface area is 106 Å². The van der Waals surface area contributed by atoms with Crippen LogP contribution in [0.5, 0.6) is 5.19 Å². The lowest BCUT2D eigenvalue weighted by molar-refractivity contribution is -0.0493. The Morgan fingerprint density at radius 2 is 2.22 bits per heavy atom. The second-order valence-electron chi connectivity index (χ2n) is 3.74. The molecule has 0 unspecified atom stereocenters. The van der Waals surface area contributed by atoms with E-state index in [1.165, 1.54) is 0 Å². The van der Waals surface area contributed by atoms with Crippen molar-refractivity contribution < 1.29 is 24.8 Å². The predicted molar refractivity (Wildman–Crippen MR) is 60.6 cm³/mol. The van der Waals surface area contributed by atoms with Crippen LogP contribution < -0.4 is 10.4 Å². The maximum atomic E-state index is 11.6. The van der Waals surface area contributed by atoms with Gasteiger partial charge in [-0.1, -0.05) is 0 Å². The molecule has 0 bridgehead atoms. The Morgan fingerprint density at radius 1 is 1.50 bits per heavy atom. The molecule has 3 N–H and O–H groups in total. The summed E-state index contributed by atoms with van der Waals surface area (Å²) < 4.78 is 11.4. The maximum Gasteiger partial charge on any atom is 0.363 e. The van der Waals surface area contributed by atoms with E-state index in [4.69, 9.17) is 14.6 Å². The molecule has 0 saturated carbocycles. The van der Waals surface area contributed by atoms with E-state index >= 15 is 0 Å². The molecule has 2 rings (SSSR count). The van der Waals surface area contributed by atoms with Crippen molar-refractivity contribution in [2.45, 2.75) is 31.5 Å². The molecule has 1 aliphatic heterocycles. The lowest BCUT2D eigenvalue weighted by Crippen LogP contribution is -2.34. The van der Waals surface area contributed by atoms with Gasteiger partial charge in [-0.2, -0.15) is 0 Å². The molecule has 0 radical (unpaired) electrons. The van der Waals surface area contributed by atoms with Crippen molar-refractivity contribution in [3.63, 3.8) is 0 Å². The van der Waals surface area contributed by atoms with Gasteiger partial charge >= 0.3 is 5.69 Å². The zero-order chi connectivity index (χ0) is 13.3. The van der Waals surface area contributed by atoms with Gasteiger partial charge in [0.05, 0.1) is 13.2 Å². The second kappa shape index (κ2) is 5.33. The minimum atomic E-state index is -1.30. The number of hydrogen-bond acceptors (Lipinski definition) is 8. The predicted octanol–water partition coefficient (Wildman–Crippen LogP) is -1.68. The van der Waals surface area contributed by atoms with Crippen LogP contribution in [-0.2, 0) is 4.74 Å². The van der Waals surface area contributed by atoms with Crippen LogP contribution in [0.4, 0.5) is 0 Å². The highest BCUT2D eigenvalue weighted by Crippen LogP contribution is 2.30. The SMILES string of the molecule is CCOc1nc(=O)n([C@H]2O[C@@H](CO)[C@@H](O)[C@@H]2O)s1. The van der Waals surface area contributed by atoms with Crippen LogP contribution in [0.15, 0.2) is 4.79 Å². The topological polar surface area (TPSA) is 114 Å². The largest absolute Gasteiger partial charge is 0.469 e. The highest BCUT2D eigenvalue weighted by atomic mass is 32.1. The molecule has 2 heterocycles. The summed E-state index contributed by atoms with van der Waals surface area (Å²) in [6, 6.07) is 0. The minimum absolute atomic E-state index is 0.167. The van der Waals surface area contributed by atoms with Crippen LogP contribution in [0.25, 0.3) is 0 Å². The zero-order valence-corrected chi connectivity index (χ0v) is 10.4. The summed E-state index contributed by atoms with van der Waals surface area (Å²) in [5.41, 5.74) is -0.627. The van der Waals surface area contributed by atoms with Gasteiger partial charge in [0, 0.05) is 11.5 Å². The van der Waals surface area contributed by atoms with Gasteiger partial charge in [0.25, 0.3) is 5.19 Å². The monoisotopic (exact) mass is 278 g/mol. The average molecular weight is 278 g/mol. The first-order chi connectivity index (χ1) is 8.58. The molecule has 0 spiro atoms. The molecule has 0 aromatic carbocycles. The van der Waals surface area contributed by atoms with Crippen molar-refractivity contribution in [1.29, 1.82) is 0 Å². The van der Waals surface area contributed by atoms with E-state index in [1.54, 1.807) is 6.92 Å². The highest BCUT2D eigenvalue weighted by molar-refractivity contribution is 7.07. The van der Waals surface area contributed by atoms with Gasteiger partial charge in [-0.05, 0) is 6.92 Å². The van der Waals surface area contributed by atoms with Gasteiger partial charge in [-0.25, -0.2) is 8.75 Å². The van der Waals surface area contributed by atoms with Gasteiger partial charge in [-0.15, -0.1) is 4.98 Å². The fourth-order valence-corrected chi connectivity index (χ4v) is 2.54. The quantitative estimate of drug-likeness (QED) is 0.602. The second-order valence-corrected chi connectivity index (χ2v) is 4.66. The third-order valence-corrected chi connectivity index (χ3v) is 3.49. The molecular weight excluding hydrogens is 264 g/mol. The van der Waals surface area contributed by atoms with Crippen molar-refractivity contribution in [3.05, 3.63) is 10.5 Å². The van der Waals surface area contributed by atoms with Crippen molar-refractivity contribution in [2.75, 3.05) is 13.2 Å². The summed E-state index contributed by atoms with van der Waals surface area (Å²) in [5.74, 6) is 0. The average Bonchev–Trinajstić information content (AvgIpc) is 2.83. The molecule has 1 aromatic rings. The molecule has 1 aliphatic rings. The van der Waals surface area contributed by atoms with Crippen LogP contribution in [0.2, 0.25) is 0 Å². The van der Waals surface area contributed by atoms with Crippen LogP contribution in [0.1, 0.15) is 13.2 Å². The van der Waals surface area contributed by atoms with E-state index in [2.05, 4.69) is 4.98 Å². The van der Waals surface area contributed by atoms with E-state index in [9.17, 15) is 15.0 Å². The Balaban J connectivity index is 2.24. The number of aromatic nitrogens is 2. The van der Waals surface area contributed by atoms with Crippen LogP contribution in [0, 0.1) is 0 Å².